The van der Waals surface area contributed by atoms with Gasteiger partial charge < -0.3 is 0 Å². The van der Waals surface area contributed by atoms with Gasteiger partial charge >= 0.3 is 0 Å². The monoisotopic (exact) mass is 278 g/mol. The summed E-state index contributed by atoms with van der Waals surface area (Å²) < 4.78 is 25.7. The number of hydrogen-bond acceptors (Lipinski definition) is 4. The van der Waals surface area contributed by atoms with Gasteiger partial charge in [-0.1, -0.05) is 19.8 Å². The van der Waals surface area contributed by atoms with E-state index in [9.17, 15) is 8.42 Å². The maximum absolute atomic E-state index is 11.6. The van der Waals surface area contributed by atoms with Crippen LogP contribution in [0, 0.1) is 11.3 Å². The molecule has 0 saturated heterocycles. The fraction of sp³-hybridized carbons (Fsp3) is 0.909. The molecule has 4 nitrogen and oxygen atoms in total. The minimum Gasteiger partial charge on any atom is -0.214 e. The second-order valence-corrected chi connectivity index (χ2v) is 6.81. The van der Waals surface area contributed by atoms with Crippen molar-refractivity contribution in [2.24, 2.45) is 0 Å². The van der Waals surface area contributed by atoms with E-state index in [2.05, 4.69) is 11.0 Å². The third kappa shape index (κ3) is 7.63. The number of sulfonamides is 1. The minimum atomic E-state index is -3.44. The predicted octanol–water partition coefficient (Wildman–Crippen LogP) is 2.13. The van der Waals surface area contributed by atoms with Crippen LogP contribution in [0.2, 0.25) is 0 Å². The van der Waals surface area contributed by atoms with Crippen molar-refractivity contribution in [3.63, 3.8) is 0 Å². The number of thioether (sulfide) groups is 1. The van der Waals surface area contributed by atoms with E-state index in [1.165, 1.54) is 6.42 Å². The lowest BCUT2D eigenvalue weighted by Gasteiger charge is -2.09. The van der Waals surface area contributed by atoms with Crippen molar-refractivity contribution in [1.29, 1.82) is 5.26 Å². The maximum Gasteiger partial charge on any atom is 0.227 e. The molecule has 0 aromatic rings. The first-order chi connectivity index (χ1) is 8.08. The Bertz CT molecular complexity index is 323. The Morgan fingerprint density at radius 1 is 1.29 bits per heavy atom. The molecule has 0 aliphatic rings. The third-order valence-electron chi connectivity index (χ3n) is 2.47. The summed E-state index contributed by atoms with van der Waals surface area (Å²) >= 11 is 1.83. The molecule has 1 N–H and O–H groups in total. The molecule has 6 heteroatoms. The fourth-order valence-electron chi connectivity index (χ4n) is 1.42. The van der Waals surface area contributed by atoms with Crippen LogP contribution < -0.4 is 4.72 Å². The minimum absolute atomic E-state index is 0.333. The largest absolute Gasteiger partial charge is 0.227 e. The molecule has 1 atom stereocenters. The number of unbranched alkanes of at least 4 members (excludes halogenated alkanes) is 3. The second kappa shape index (κ2) is 9.75. The van der Waals surface area contributed by atoms with Crippen molar-refractivity contribution in [2.45, 2.75) is 44.3 Å². The SMILES string of the molecule is CCC(C#N)S(=O)(=O)NCCCCCCSC. The highest BCUT2D eigenvalue weighted by atomic mass is 32.2. The quantitative estimate of drug-likeness (QED) is 0.621. The van der Waals surface area contributed by atoms with E-state index in [-0.39, 0.29) is 0 Å². The number of nitrogens with one attached hydrogen (secondary N) is 1. The molecule has 17 heavy (non-hydrogen) atoms. The lowest BCUT2D eigenvalue weighted by molar-refractivity contribution is 0.565. The molecule has 0 amide bonds. The fourth-order valence-corrected chi connectivity index (χ4v) is 3.12. The van der Waals surface area contributed by atoms with Gasteiger partial charge in [0.15, 0.2) is 5.25 Å². The number of nitrogens with zero attached hydrogens (tertiary/aromatic N) is 1. The highest BCUT2D eigenvalue weighted by molar-refractivity contribution is 7.98. The van der Waals surface area contributed by atoms with Gasteiger partial charge in [0.05, 0.1) is 6.07 Å². The molecule has 0 bridgehead atoms. The second-order valence-electron chi connectivity index (χ2n) is 3.87. The van der Waals surface area contributed by atoms with Crippen LogP contribution in [0.4, 0.5) is 0 Å². The lowest BCUT2D eigenvalue weighted by atomic mass is 10.2. The Morgan fingerprint density at radius 3 is 2.47 bits per heavy atom. The Morgan fingerprint density at radius 2 is 1.94 bits per heavy atom. The summed E-state index contributed by atoms with van der Waals surface area (Å²) in [5.41, 5.74) is 0. The van der Waals surface area contributed by atoms with Crippen molar-refractivity contribution in [2.75, 3.05) is 18.6 Å². The van der Waals surface area contributed by atoms with Crippen molar-refractivity contribution in [3.05, 3.63) is 0 Å². The topological polar surface area (TPSA) is 70.0 Å². The van der Waals surface area contributed by atoms with Crippen LogP contribution in [0.5, 0.6) is 0 Å². The zero-order chi connectivity index (χ0) is 13.1. The molecule has 0 aliphatic heterocycles. The van der Waals surface area contributed by atoms with Crippen LogP contribution in [0.25, 0.3) is 0 Å². The molecule has 0 aromatic carbocycles. The summed E-state index contributed by atoms with van der Waals surface area (Å²) in [6, 6.07) is 1.81. The zero-order valence-electron chi connectivity index (χ0n) is 10.6. The van der Waals surface area contributed by atoms with Gasteiger partial charge in [-0.3, -0.25) is 0 Å². The van der Waals surface area contributed by atoms with E-state index < -0.39 is 15.3 Å². The Kier molecular flexibility index (Phi) is 9.60. The Labute approximate surface area is 109 Å². The van der Waals surface area contributed by atoms with Crippen LogP contribution >= 0.6 is 11.8 Å². The summed E-state index contributed by atoms with van der Waals surface area (Å²) in [5.74, 6) is 1.16. The van der Waals surface area contributed by atoms with Gasteiger partial charge in [-0.2, -0.15) is 17.0 Å². The van der Waals surface area contributed by atoms with Crippen LogP contribution in [0.3, 0.4) is 0 Å². The van der Waals surface area contributed by atoms with Crippen LogP contribution in [-0.4, -0.2) is 32.2 Å². The Hall–Kier alpha value is -0.250. The van der Waals surface area contributed by atoms with Gasteiger partial charge in [-0.15, -0.1) is 0 Å². The number of hydrogen-bond donors (Lipinski definition) is 1. The molecule has 0 radical (unpaired) electrons. The molecule has 0 heterocycles. The molecule has 0 aliphatic carbocycles. The first-order valence-electron chi connectivity index (χ1n) is 5.95. The predicted molar refractivity (Wildman–Crippen MR) is 73.5 cm³/mol. The van der Waals surface area contributed by atoms with E-state index in [1.807, 2.05) is 17.8 Å². The molecular formula is C11H22N2O2S2. The van der Waals surface area contributed by atoms with Gasteiger partial charge in [-0.25, -0.2) is 13.1 Å². The van der Waals surface area contributed by atoms with Crippen LogP contribution in [-0.2, 0) is 10.0 Å². The zero-order valence-corrected chi connectivity index (χ0v) is 12.2. The van der Waals surface area contributed by atoms with Crippen molar-refractivity contribution in [3.8, 4) is 6.07 Å². The number of rotatable bonds is 10. The molecule has 0 aromatic heterocycles. The van der Waals surface area contributed by atoms with Gasteiger partial charge in [0, 0.05) is 6.54 Å². The van der Waals surface area contributed by atoms with Crippen LogP contribution in [0.1, 0.15) is 39.0 Å². The number of nitriles is 1. The van der Waals surface area contributed by atoms with E-state index in [1.54, 1.807) is 6.92 Å². The van der Waals surface area contributed by atoms with Gasteiger partial charge in [0.1, 0.15) is 0 Å². The smallest absolute Gasteiger partial charge is 0.214 e. The highest BCUT2D eigenvalue weighted by Gasteiger charge is 2.22. The first kappa shape index (κ1) is 16.8. The van der Waals surface area contributed by atoms with E-state index in [4.69, 9.17) is 5.26 Å². The summed E-state index contributed by atoms with van der Waals surface area (Å²) in [6.07, 6.45) is 6.62. The molecule has 0 fully saturated rings. The average molecular weight is 278 g/mol. The molecular weight excluding hydrogens is 256 g/mol. The molecule has 100 valence electrons. The van der Waals surface area contributed by atoms with Crippen molar-refractivity contribution in [1.82, 2.24) is 4.72 Å². The van der Waals surface area contributed by atoms with Gasteiger partial charge in [-0.05, 0) is 31.3 Å². The molecule has 1 unspecified atom stereocenters. The molecule has 0 spiro atoms. The normalized spacial score (nSPS) is 13.2. The third-order valence-corrected chi connectivity index (χ3v) is 4.96. The molecule has 0 saturated carbocycles. The highest BCUT2D eigenvalue weighted by Crippen LogP contribution is 2.06. The Balaban J connectivity index is 3.71. The molecule has 0 rings (SSSR count). The lowest BCUT2D eigenvalue weighted by Crippen LogP contribution is -2.33. The summed E-state index contributed by atoms with van der Waals surface area (Å²) in [7, 11) is -3.44. The van der Waals surface area contributed by atoms with E-state index in [0.29, 0.717) is 13.0 Å². The van der Waals surface area contributed by atoms with E-state index >= 15 is 0 Å². The maximum atomic E-state index is 11.6. The van der Waals surface area contributed by atoms with Gasteiger partial charge in [0.25, 0.3) is 0 Å². The summed E-state index contributed by atoms with van der Waals surface area (Å²) in [6.45, 7) is 2.15. The van der Waals surface area contributed by atoms with Crippen LogP contribution in [0.15, 0.2) is 0 Å². The summed E-state index contributed by atoms with van der Waals surface area (Å²) in [5, 5.41) is 7.77. The average Bonchev–Trinajstić information content (AvgIpc) is 2.29. The summed E-state index contributed by atoms with van der Waals surface area (Å²) in [4.78, 5) is 0. The first-order valence-corrected chi connectivity index (χ1v) is 8.89. The standard InChI is InChI=1S/C11H22N2O2S2/c1-3-11(10-12)17(14,15)13-8-6-4-5-7-9-16-2/h11,13H,3-9H2,1-2H3. The van der Waals surface area contributed by atoms with Gasteiger partial charge in [0.2, 0.25) is 10.0 Å². The van der Waals surface area contributed by atoms with Crippen molar-refractivity contribution >= 4 is 21.8 Å². The van der Waals surface area contributed by atoms with Crippen molar-refractivity contribution < 1.29 is 8.42 Å². The van der Waals surface area contributed by atoms with E-state index in [0.717, 1.165) is 25.0 Å².